The number of ether oxygens (including phenoxy) is 2. The van der Waals surface area contributed by atoms with E-state index in [1.165, 1.54) is 0 Å². The highest BCUT2D eigenvalue weighted by Crippen LogP contribution is 2.32. The molecular formula is C18H15N3O2. The van der Waals surface area contributed by atoms with Crippen LogP contribution in [0.25, 0.3) is 21.8 Å². The molecule has 0 fully saturated rings. The lowest BCUT2D eigenvalue weighted by Crippen LogP contribution is -1.90. The van der Waals surface area contributed by atoms with Gasteiger partial charge in [0.15, 0.2) is 0 Å². The van der Waals surface area contributed by atoms with Crippen LogP contribution in [0.1, 0.15) is 5.56 Å². The number of aromatic amines is 1. The van der Waals surface area contributed by atoms with Crippen LogP contribution in [0.3, 0.4) is 0 Å². The van der Waals surface area contributed by atoms with Crippen molar-refractivity contribution in [1.82, 2.24) is 15.0 Å². The standard InChI is InChI=1S/C18H15N3O2/c1-22-11-12-9-19-10-16-18(12)14-8-13(5-6-15(14)21-16)23-17-4-2-3-7-20-17/h2-10,21H,11H2,1H3. The molecule has 0 saturated carbocycles. The van der Waals surface area contributed by atoms with Crippen molar-refractivity contribution in [2.45, 2.75) is 6.61 Å². The number of pyridine rings is 2. The number of fused-ring (bicyclic) bond motifs is 3. The zero-order valence-electron chi connectivity index (χ0n) is 12.6. The molecule has 23 heavy (non-hydrogen) atoms. The summed E-state index contributed by atoms with van der Waals surface area (Å²) in [6.45, 7) is 0.516. The number of nitrogens with zero attached hydrogens (tertiary/aromatic N) is 2. The summed E-state index contributed by atoms with van der Waals surface area (Å²) in [5.41, 5.74) is 3.08. The van der Waals surface area contributed by atoms with Crippen molar-refractivity contribution in [3.63, 3.8) is 0 Å². The highest BCUT2D eigenvalue weighted by atomic mass is 16.5. The molecular weight excluding hydrogens is 290 g/mol. The average Bonchev–Trinajstić information content (AvgIpc) is 2.95. The highest BCUT2D eigenvalue weighted by molar-refractivity contribution is 6.09. The van der Waals surface area contributed by atoms with Gasteiger partial charge in [-0.2, -0.15) is 0 Å². The first-order valence-corrected chi connectivity index (χ1v) is 7.31. The summed E-state index contributed by atoms with van der Waals surface area (Å²) in [6.07, 6.45) is 5.38. The van der Waals surface area contributed by atoms with Gasteiger partial charge in [-0.3, -0.25) is 4.98 Å². The number of H-pyrrole nitrogens is 1. The summed E-state index contributed by atoms with van der Waals surface area (Å²) >= 11 is 0. The molecule has 0 atom stereocenters. The van der Waals surface area contributed by atoms with Crippen LogP contribution in [0.4, 0.5) is 0 Å². The normalized spacial score (nSPS) is 11.2. The molecule has 1 N–H and O–H groups in total. The number of benzene rings is 1. The molecule has 0 aliphatic rings. The molecule has 0 unspecified atom stereocenters. The zero-order chi connectivity index (χ0) is 15.6. The maximum atomic E-state index is 5.83. The van der Waals surface area contributed by atoms with E-state index in [4.69, 9.17) is 9.47 Å². The molecule has 0 bridgehead atoms. The summed E-state index contributed by atoms with van der Waals surface area (Å²) in [5.74, 6) is 1.32. The topological polar surface area (TPSA) is 60.0 Å². The monoisotopic (exact) mass is 305 g/mol. The van der Waals surface area contributed by atoms with Crippen molar-refractivity contribution in [3.05, 3.63) is 60.6 Å². The van der Waals surface area contributed by atoms with Crippen LogP contribution in [0.15, 0.2) is 55.0 Å². The van der Waals surface area contributed by atoms with Gasteiger partial charge in [-0.25, -0.2) is 4.98 Å². The van der Waals surface area contributed by atoms with Gasteiger partial charge in [0.05, 0.1) is 18.3 Å². The van der Waals surface area contributed by atoms with Gasteiger partial charge in [0.25, 0.3) is 0 Å². The number of methoxy groups -OCH3 is 1. The Morgan fingerprint density at radius 1 is 1.09 bits per heavy atom. The number of rotatable bonds is 4. The largest absolute Gasteiger partial charge is 0.439 e. The first kappa shape index (κ1) is 13.7. The van der Waals surface area contributed by atoms with Gasteiger partial charge in [-0.1, -0.05) is 6.07 Å². The lowest BCUT2D eigenvalue weighted by molar-refractivity contribution is 0.186. The minimum atomic E-state index is 0.516. The van der Waals surface area contributed by atoms with E-state index < -0.39 is 0 Å². The Hall–Kier alpha value is -2.92. The Kier molecular flexibility index (Phi) is 3.40. The van der Waals surface area contributed by atoms with E-state index in [2.05, 4.69) is 15.0 Å². The molecule has 4 aromatic rings. The lowest BCUT2D eigenvalue weighted by atomic mass is 10.1. The number of hydrogen-bond acceptors (Lipinski definition) is 4. The fourth-order valence-electron chi connectivity index (χ4n) is 2.76. The second-order valence-electron chi connectivity index (χ2n) is 5.26. The van der Waals surface area contributed by atoms with Crippen LogP contribution in [0.5, 0.6) is 11.6 Å². The van der Waals surface area contributed by atoms with Crippen molar-refractivity contribution in [2.75, 3.05) is 7.11 Å². The van der Waals surface area contributed by atoms with E-state index in [1.807, 2.05) is 48.8 Å². The summed E-state index contributed by atoms with van der Waals surface area (Å²) in [6, 6.07) is 11.5. The van der Waals surface area contributed by atoms with Crippen molar-refractivity contribution in [1.29, 1.82) is 0 Å². The zero-order valence-corrected chi connectivity index (χ0v) is 12.6. The Morgan fingerprint density at radius 2 is 2.04 bits per heavy atom. The van der Waals surface area contributed by atoms with Gasteiger partial charge in [0.2, 0.25) is 5.88 Å². The van der Waals surface area contributed by atoms with E-state index in [0.29, 0.717) is 12.5 Å². The van der Waals surface area contributed by atoms with E-state index in [0.717, 1.165) is 33.1 Å². The molecule has 0 radical (unpaired) electrons. The van der Waals surface area contributed by atoms with Gasteiger partial charge in [-0.15, -0.1) is 0 Å². The van der Waals surface area contributed by atoms with E-state index in [-0.39, 0.29) is 0 Å². The fourth-order valence-corrected chi connectivity index (χ4v) is 2.76. The van der Waals surface area contributed by atoms with Crippen molar-refractivity contribution >= 4 is 21.8 Å². The minimum Gasteiger partial charge on any atom is -0.439 e. The van der Waals surface area contributed by atoms with Gasteiger partial charge < -0.3 is 14.5 Å². The first-order valence-electron chi connectivity index (χ1n) is 7.31. The quantitative estimate of drug-likeness (QED) is 0.618. The molecule has 114 valence electrons. The first-order chi connectivity index (χ1) is 11.3. The molecule has 0 aliphatic carbocycles. The summed E-state index contributed by atoms with van der Waals surface area (Å²) < 4.78 is 11.1. The minimum absolute atomic E-state index is 0.516. The van der Waals surface area contributed by atoms with Gasteiger partial charge in [0, 0.05) is 47.4 Å². The molecule has 3 heterocycles. The predicted octanol–water partition coefficient (Wildman–Crippen LogP) is 4.05. The second-order valence-corrected chi connectivity index (χ2v) is 5.26. The maximum Gasteiger partial charge on any atom is 0.219 e. The second kappa shape index (κ2) is 5.70. The van der Waals surface area contributed by atoms with E-state index in [1.54, 1.807) is 13.3 Å². The predicted molar refractivity (Wildman–Crippen MR) is 88.6 cm³/mol. The molecule has 4 rings (SSSR count). The average molecular weight is 305 g/mol. The number of hydrogen-bond donors (Lipinski definition) is 1. The SMILES string of the molecule is COCc1cncc2[nH]c3ccc(Oc4ccccn4)cc3c12. The van der Waals surface area contributed by atoms with Gasteiger partial charge in [-0.05, 0) is 24.3 Å². The van der Waals surface area contributed by atoms with Gasteiger partial charge >= 0.3 is 0 Å². The van der Waals surface area contributed by atoms with Gasteiger partial charge in [0.1, 0.15) is 5.75 Å². The third-order valence-electron chi connectivity index (χ3n) is 3.71. The molecule has 5 heteroatoms. The lowest BCUT2D eigenvalue weighted by Gasteiger charge is -2.05. The molecule has 3 aromatic heterocycles. The number of aromatic nitrogens is 3. The van der Waals surface area contributed by atoms with Crippen LogP contribution >= 0.6 is 0 Å². The smallest absolute Gasteiger partial charge is 0.219 e. The Labute approximate surface area is 132 Å². The van der Waals surface area contributed by atoms with Crippen LogP contribution in [-0.2, 0) is 11.3 Å². The van der Waals surface area contributed by atoms with Crippen LogP contribution in [-0.4, -0.2) is 22.1 Å². The van der Waals surface area contributed by atoms with Crippen molar-refractivity contribution in [2.24, 2.45) is 0 Å². The highest BCUT2D eigenvalue weighted by Gasteiger charge is 2.10. The third kappa shape index (κ3) is 2.51. The molecule has 1 aromatic carbocycles. The van der Waals surface area contributed by atoms with Crippen LogP contribution in [0, 0.1) is 0 Å². The van der Waals surface area contributed by atoms with E-state index >= 15 is 0 Å². The Morgan fingerprint density at radius 3 is 2.87 bits per heavy atom. The molecule has 0 saturated heterocycles. The van der Waals surface area contributed by atoms with Crippen molar-refractivity contribution < 1.29 is 9.47 Å². The molecule has 5 nitrogen and oxygen atoms in total. The Balaban J connectivity index is 1.85. The molecule has 0 amide bonds. The molecule has 0 aliphatic heterocycles. The maximum absolute atomic E-state index is 5.83. The summed E-state index contributed by atoms with van der Waals surface area (Å²) in [7, 11) is 1.68. The summed E-state index contributed by atoms with van der Waals surface area (Å²) in [5, 5.41) is 2.20. The van der Waals surface area contributed by atoms with Crippen LogP contribution < -0.4 is 4.74 Å². The number of nitrogens with one attached hydrogen (secondary N) is 1. The van der Waals surface area contributed by atoms with Crippen LogP contribution in [0.2, 0.25) is 0 Å². The fraction of sp³-hybridized carbons (Fsp3) is 0.111. The summed E-state index contributed by atoms with van der Waals surface area (Å²) in [4.78, 5) is 11.8. The Bertz CT molecular complexity index is 964. The molecule has 0 spiro atoms. The van der Waals surface area contributed by atoms with Crippen molar-refractivity contribution in [3.8, 4) is 11.6 Å². The van der Waals surface area contributed by atoms with E-state index in [9.17, 15) is 0 Å². The third-order valence-corrected chi connectivity index (χ3v) is 3.71.